The van der Waals surface area contributed by atoms with Crippen LogP contribution >= 0.6 is 0 Å². The first-order chi connectivity index (χ1) is 13.9. The minimum atomic E-state index is -1.63. The number of fused-ring (bicyclic) bond motifs is 5. The Morgan fingerprint density at radius 1 is 1.14 bits per heavy atom. The SMILES string of the molecule is C[C@]12CCC(=NOC3CCNC3)CC1CCC1C2C(=O)C(F)[C@]2(C)C(=O)CCC12. The van der Waals surface area contributed by atoms with E-state index >= 15 is 4.39 Å². The average molecular weight is 405 g/mol. The Bertz CT molecular complexity index is 748. The summed E-state index contributed by atoms with van der Waals surface area (Å²) in [6.45, 7) is 5.76. The molecule has 1 aliphatic heterocycles. The van der Waals surface area contributed by atoms with Crippen LogP contribution in [0.5, 0.6) is 0 Å². The van der Waals surface area contributed by atoms with Gasteiger partial charge >= 0.3 is 0 Å². The molecule has 1 saturated heterocycles. The van der Waals surface area contributed by atoms with Crippen molar-refractivity contribution in [2.75, 3.05) is 13.1 Å². The van der Waals surface area contributed by atoms with Crippen LogP contribution in [0.2, 0.25) is 0 Å². The van der Waals surface area contributed by atoms with Crippen molar-refractivity contribution in [3.63, 3.8) is 0 Å². The van der Waals surface area contributed by atoms with E-state index in [1.807, 2.05) is 0 Å². The number of Topliss-reactive ketones (excluding diaryl/α,β-unsaturated/α-hetero) is 2. The second-order valence-corrected chi connectivity index (χ2v) is 10.6. The molecule has 160 valence electrons. The average Bonchev–Trinajstić information content (AvgIpc) is 3.33. The van der Waals surface area contributed by atoms with Crippen LogP contribution < -0.4 is 5.32 Å². The molecule has 0 spiro atoms. The maximum atomic E-state index is 15.4. The lowest BCUT2D eigenvalue weighted by molar-refractivity contribution is -0.169. The number of ketones is 2. The fourth-order valence-corrected chi connectivity index (χ4v) is 7.55. The van der Waals surface area contributed by atoms with Crippen LogP contribution in [0.3, 0.4) is 0 Å². The zero-order valence-electron chi connectivity index (χ0n) is 17.6. The minimum absolute atomic E-state index is 0.0266. The van der Waals surface area contributed by atoms with Gasteiger partial charge in [0, 0.05) is 25.3 Å². The van der Waals surface area contributed by atoms with Gasteiger partial charge in [0.15, 0.2) is 12.0 Å². The number of nitrogens with zero attached hydrogens (tertiary/aromatic N) is 1. The maximum absolute atomic E-state index is 15.4. The zero-order chi connectivity index (χ0) is 20.4. The molecule has 4 saturated carbocycles. The summed E-state index contributed by atoms with van der Waals surface area (Å²) in [5, 5.41) is 7.76. The van der Waals surface area contributed by atoms with Gasteiger partial charge in [-0.05, 0) is 75.2 Å². The lowest BCUT2D eigenvalue weighted by atomic mass is 9.44. The summed E-state index contributed by atoms with van der Waals surface area (Å²) in [6.07, 6.45) is 5.20. The van der Waals surface area contributed by atoms with E-state index in [1.54, 1.807) is 6.92 Å². The molecule has 6 heteroatoms. The molecule has 4 aliphatic carbocycles. The van der Waals surface area contributed by atoms with E-state index in [1.165, 1.54) is 0 Å². The largest absolute Gasteiger partial charge is 0.391 e. The topological polar surface area (TPSA) is 67.8 Å². The van der Waals surface area contributed by atoms with Crippen LogP contribution in [0.4, 0.5) is 4.39 Å². The molecule has 5 fully saturated rings. The normalized spacial score (nSPS) is 50.9. The van der Waals surface area contributed by atoms with Crippen molar-refractivity contribution in [2.24, 2.45) is 39.7 Å². The Morgan fingerprint density at radius 2 is 1.97 bits per heavy atom. The van der Waals surface area contributed by atoms with Crippen molar-refractivity contribution in [2.45, 2.75) is 77.5 Å². The number of hydrogen-bond donors (Lipinski definition) is 1. The molecule has 0 radical (unpaired) electrons. The highest BCUT2D eigenvalue weighted by molar-refractivity contribution is 5.98. The third kappa shape index (κ3) is 2.77. The molecule has 0 aromatic heterocycles. The van der Waals surface area contributed by atoms with Gasteiger partial charge in [-0.25, -0.2) is 4.39 Å². The summed E-state index contributed by atoms with van der Waals surface area (Å²) < 4.78 is 15.4. The van der Waals surface area contributed by atoms with Crippen LogP contribution in [0.25, 0.3) is 0 Å². The molecule has 6 unspecified atom stereocenters. The predicted molar refractivity (Wildman–Crippen MR) is 107 cm³/mol. The van der Waals surface area contributed by atoms with Gasteiger partial charge in [0.1, 0.15) is 11.9 Å². The number of hydrogen-bond acceptors (Lipinski definition) is 5. The van der Waals surface area contributed by atoms with E-state index in [0.29, 0.717) is 12.3 Å². The van der Waals surface area contributed by atoms with Gasteiger partial charge < -0.3 is 10.2 Å². The molecule has 5 aliphatic rings. The Hall–Kier alpha value is -1.30. The molecule has 0 aromatic rings. The lowest BCUT2D eigenvalue weighted by Gasteiger charge is -2.59. The Kier molecular flexibility index (Phi) is 4.65. The van der Waals surface area contributed by atoms with Crippen LogP contribution in [0.15, 0.2) is 5.16 Å². The smallest absolute Gasteiger partial charge is 0.171 e. The maximum Gasteiger partial charge on any atom is 0.171 e. The van der Waals surface area contributed by atoms with Gasteiger partial charge in [0.05, 0.1) is 11.1 Å². The van der Waals surface area contributed by atoms with Gasteiger partial charge in [-0.15, -0.1) is 0 Å². The van der Waals surface area contributed by atoms with E-state index < -0.39 is 11.6 Å². The second-order valence-electron chi connectivity index (χ2n) is 10.6. The molecule has 1 N–H and O–H groups in total. The molecule has 5 rings (SSSR count). The first-order valence-corrected chi connectivity index (χ1v) is 11.5. The summed E-state index contributed by atoms with van der Waals surface area (Å²) in [7, 11) is 0. The lowest BCUT2D eigenvalue weighted by Crippen LogP contribution is -2.62. The third-order valence-corrected chi connectivity index (χ3v) is 9.35. The van der Waals surface area contributed by atoms with Crippen LogP contribution in [-0.2, 0) is 14.4 Å². The number of halogens is 1. The number of carbonyl (C=O) groups excluding carboxylic acids is 2. The first kappa shape index (κ1) is 19.7. The van der Waals surface area contributed by atoms with Crippen molar-refractivity contribution < 1.29 is 18.8 Å². The molecule has 0 amide bonds. The minimum Gasteiger partial charge on any atom is -0.391 e. The standard InChI is InChI=1S/C23H33FN2O3/c1-22-9-7-14(26-29-15-8-10-25-12-15)11-13(22)3-4-16-17-5-6-18(27)23(17,2)21(24)20(28)19(16)22/h13,15-17,19,21,25H,3-12H2,1-2H3/t13?,15?,16?,17?,19?,21?,22-,23-/m0/s1. The zero-order valence-corrected chi connectivity index (χ0v) is 17.6. The van der Waals surface area contributed by atoms with Crippen molar-refractivity contribution in [3.05, 3.63) is 0 Å². The predicted octanol–water partition coefficient (Wildman–Crippen LogP) is 3.46. The third-order valence-electron chi connectivity index (χ3n) is 9.35. The molecule has 8 atom stereocenters. The highest BCUT2D eigenvalue weighted by Crippen LogP contribution is 2.64. The highest BCUT2D eigenvalue weighted by Gasteiger charge is 2.67. The Morgan fingerprint density at radius 3 is 2.72 bits per heavy atom. The second kappa shape index (κ2) is 6.86. The van der Waals surface area contributed by atoms with Crippen LogP contribution in [0.1, 0.15) is 65.2 Å². The van der Waals surface area contributed by atoms with Gasteiger partial charge in [-0.1, -0.05) is 12.1 Å². The van der Waals surface area contributed by atoms with Crippen LogP contribution in [-0.4, -0.2) is 42.6 Å². The van der Waals surface area contributed by atoms with E-state index in [-0.39, 0.29) is 40.8 Å². The molecule has 0 aromatic carbocycles. The number of rotatable bonds is 2. The Labute approximate surface area is 172 Å². The summed E-state index contributed by atoms with van der Waals surface area (Å²) in [6, 6.07) is 0. The molecule has 0 bridgehead atoms. The van der Waals surface area contributed by atoms with Crippen LogP contribution in [0, 0.1) is 34.5 Å². The molecular formula is C23H33FN2O3. The number of carbonyl (C=O) groups is 2. The molecule has 1 heterocycles. The Balaban J connectivity index is 1.37. The summed E-state index contributed by atoms with van der Waals surface area (Å²) in [4.78, 5) is 31.6. The fraction of sp³-hybridized carbons (Fsp3) is 0.870. The van der Waals surface area contributed by atoms with Gasteiger partial charge in [-0.2, -0.15) is 0 Å². The van der Waals surface area contributed by atoms with Crippen molar-refractivity contribution in [1.29, 1.82) is 0 Å². The molecule has 5 nitrogen and oxygen atoms in total. The quantitative estimate of drug-likeness (QED) is 0.716. The summed E-state index contributed by atoms with van der Waals surface area (Å²) in [5.74, 6) is -0.0401. The van der Waals surface area contributed by atoms with Gasteiger partial charge in [0.2, 0.25) is 0 Å². The van der Waals surface area contributed by atoms with E-state index in [2.05, 4.69) is 17.4 Å². The van der Waals surface area contributed by atoms with E-state index in [9.17, 15) is 9.59 Å². The number of oxime groups is 1. The number of nitrogens with one attached hydrogen (secondary N) is 1. The van der Waals surface area contributed by atoms with E-state index in [0.717, 1.165) is 63.7 Å². The van der Waals surface area contributed by atoms with Crippen molar-refractivity contribution in [3.8, 4) is 0 Å². The molecular weight excluding hydrogens is 371 g/mol. The monoisotopic (exact) mass is 404 g/mol. The first-order valence-electron chi connectivity index (χ1n) is 11.5. The van der Waals surface area contributed by atoms with Crippen molar-refractivity contribution >= 4 is 17.3 Å². The van der Waals surface area contributed by atoms with Gasteiger partial charge in [-0.3, -0.25) is 9.59 Å². The fourth-order valence-electron chi connectivity index (χ4n) is 7.55. The van der Waals surface area contributed by atoms with Crippen molar-refractivity contribution in [1.82, 2.24) is 5.32 Å². The highest BCUT2D eigenvalue weighted by atomic mass is 19.1. The number of alkyl halides is 1. The van der Waals surface area contributed by atoms with Gasteiger partial charge in [0.25, 0.3) is 0 Å². The molecule has 29 heavy (non-hydrogen) atoms. The summed E-state index contributed by atoms with van der Waals surface area (Å²) in [5.41, 5.74) is -0.171. The van der Waals surface area contributed by atoms with E-state index in [4.69, 9.17) is 4.84 Å². The summed E-state index contributed by atoms with van der Waals surface area (Å²) >= 11 is 0.